The summed E-state index contributed by atoms with van der Waals surface area (Å²) in [6.45, 7) is 3.26. The summed E-state index contributed by atoms with van der Waals surface area (Å²) >= 11 is 0. The molecule has 1 aliphatic carbocycles. The highest BCUT2D eigenvalue weighted by molar-refractivity contribution is 5.19. The summed E-state index contributed by atoms with van der Waals surface area (Å²) in [6, 6.07) is 12.5. The Balaban J connectivity index is 1.54. The maximum atomic E-state index is 5.40. The van der Waals surface area contributed by atoms with E-state index in [0.29, 0.717) is 12.1 Å². The Hall–Kier alpha value is -0.900. The van der Waals surface area contributed by atoms with E-state index < -0.39 is 0 Å². The van der Waals surface area contributed by atoms with Gasteiger partial charge in [-0.1, -0.05) is 30.3 Å². The van der Waals surface area contributed by atoms with E-state index in [-0.39, 0.29) is 0 Å². The summed E-state index contributed by atoms with van der Waals surface area (Å²) in [5, 5.41) is 3.80. The normalized spacial score (nSPS) is 22.9. The zero-order valence-corrected chi connectivity index (χ0v) is 12.4. The number of methoxy groups -OCH3 is 1. The van der Waals surface area contributed by atoms with Crippen LogP contribution in [0.1, 0.15) is 37.3 Å². The summed E-state index contributed by atoms with van der Waals surface area (Å²) in [4.78, 5) is 2.67. The molecule has 3 heteroatoms. The molecule has 1 aromatic rings. The van der Waals surface area contributed by atoms with Crippen LogP contribution in [0, 0.1) is 0 Å². The van der Waals surface area contributed by atoms with E-state index in [1.165, 1.54) is 44.3 Å². The average Bonchev–Trinajstić information content (AvgIpc) is 3.33. The molecule has 110 valence electrons. The van der Waals surface area contributed by atoms with Crippen molar-refractivity contribution in [3.8, 4) is 0 Å². The largest absolute Gasteiger partial charge is 0.383 e. The van der Waals surface area contributed by atoms with Gasteiger partial charge in [-0.15, -0.1) is 0 Å². The number of hydrogen-bond acceptors (Lipinski definition) is 3. The molecular weight excluding hydrogens is 248 g/mol. The first kappa shape index (κ1) is 14.1. The van der Waals surface area contributed by atoms with Gasteiger partial charge in [-0.05, 0) is 44.3 Å². The lowest BCUT2D eigenvalue weighted by Crippen LogP contribution is -2.45. The zero-order chi connectivity index (χ0) is 13.8. The lowest BCUT2D eigenvalue weighted by molar-refractivity contribution is 0.139. The lowest BCUT2D eigenvalue weighted by Gasteiger charge is -2.34. The van der Waals surface area contributed by atoms with Crippen LogP contribution in [0.25, 0.3) is 0 Å². The smallest absolute Gasteiger partial charge is 0.0657 e. The Morgan fingerprint density at radius 3 is 2.45 bits per heavy atom. The van der Waals surface area contributed by atoms with Crippen molar-refractivity contribution in [1.29, 1.82) is 0 Å². The second-order valence-corrected chi connectivity index (χ2v) is 6.13. The minimum absolute atomic E-state index is 0.318. The number of hydrogen-bond donors (Lipinski definition) is 1. The Morgan fingerprint density at radius 1 is 1.15 bits per heavy atom. The van der Waals surface area contributed by atoms with E-state index in [1.807, 2.05) is 0 Å². The minimum atomic E-state index is 0.318. The maximum Gasteiger partial charge on any atom is 0.0657 e. The lowest BCUT2D eigenvalue weighted by atomic mass is 10.0. The standard InChI is InChI=1S/C17H26N2O/c1-20-13-17(14-5-3-2-4-6-14)18-15-9-11-19(12-10-15)16-7-8-16/h2-6,15-18H,7-13H2,1H3. The molecule has 2 fully saturated rings. The zero-order valence-electron chi connectivity index (χ0n) is 12.4. The first-order chi connectivity index (χ1) is 9.86. The topological polar surface area (TPSA) is 24.5 Å². The fourth-order valence-corrected chi connectivity index (χ4v) is 3.25. The quantitative estimate of drug-likeness (QED) is 0.863. The molecule has 1 atom stereocenters. The maximum absolute atomic E-state index is 5.40. The highest BCUT2D eigenvalue weighted by atomic mass is 16.5. The Labute approximate surface area is 122 Å². The number of ether oxygens (including phenoxy) is 1. The van der Waals surface area contributed by atoms with E-state index >= 15 is 0 Å². The van der Waals surface area contributed by atoms with Crippen molar-refractivity contribution in [3.05, 3.63) is 35.9 Å². The molecule has 1 N–H and O–H groups in total. The van der Waals surface area contributed by atoms with Crippen LogP contribution in [0.5, 0.6) is 0 Å². The van der Waals surface area contributed by atoms with E-state index in [0.717, 1.165) is 12.6 Å². The van der Waals surface area contributed by atoms with Crippen LogP contribution in [0.15, 0.2) is 30.3 Å². The van der Waals surface area contributed by atoms with Gasteiger partial charge in [-0.25, -0.2) is 0 Å². The molecule has 1 aromatic carbocycles. The van der Waals surface area contributed by atoms with E-state index in [2.05, 4.69) is 40.5 Å². The SMILES string of the molecule is COCC(NC1CCN(C2CC2)CC1)c1ccccc1. The summed E-state index contributed by atoms with van der Waals surface area (Å²) < 4.78 is 5.40. The minimum Gasteiger partial charge on any atom is -0.383 e. The predicted molar refractivity (Wildman–Crippen MR) is 81.8 cm³/mol. The predicted octanol–water partition coefficient (Wildman–Crippen LogP) is 2.59. The second kappa shape index (κ2) is 6.70. The molecule has 0 spiro atoms. The monoisotopic (exact) mass is 274 g/mol. The number of benzene rings is 1. The highest BCUT2D eigenvalue weighted by Gasteiger charge is 2.32. The summed E-state index contributed by atoms with van der Waals surface area (Å²) in [6.07, 6.45) is 5.38. The summed E-state index contributed by atoms with van der Waals surface area (Å²) in [7, 11) is 1.79. The number of likely N-dealkylation sites (tertiary alicyclic amines) is 1. The van der Waals surface area contributed by atoms with Crippen molar-refractivity contribution in [2.75, 3.05) is 26.8 Å². The molecule has 0 aromatic heterocycles. The van der Waals surface area contributed by atoms with Gasteiger partial charge in [0.25, 0.3) is 0 Å². The fraction of sp³-hybridized carbons (Fsp3) is 0.647. The molecule has 2 aliphatic rings. The van der Waals surface area contributed by atoms with Gasteiger partial charge in [0.2, 0.25) is 0 Å². The molecular formula is C17H26N2O. The van der Waals surface area contributed by atoms with Crippen molar-refractivity contribution in [3.63, 3.8) is 0 Å². The molecule has 1 aliphatic heterocycles. The van der Waals surface area contributed by atoms with E-state index in [4.69, 9.17) is 4.74 Å². The van der Waals surface area contributed by atoms with Crippen molar-refractivity contribution < 1.29 is 4.74 Å². The number of rotatable bonds is 6. The first-order valence-corrected chi connectivity index (χ1v) is 7.91. The van der Waals surface area contributed by atoms with Gasteiger partial charge < -0.3 is 15.0 Å². The molecule has 0 amide bonds. The van der Waals surface area contributed by atoms with Gasteiger partial charge in [0, 0.05) is 19.2 Å². The number of nitrogens with zero attached hydrogens (tertiary/aromatic N) is 1. The third kappa shape index (κ3) is 3.60. The van der Waals surface area contributed by atoms with E-state index in [1.54, 1.807) is 7.11 Å². The van der Waals surface area contributed by atoms with Gasteiger partial charge in [0.15, 0.2) is 0 Å². The second-order valence-electron chi connectivity index (χ2n) is 6.13. The molecule has 1 saturated heterocycles. The third-order valence-electron chi connectivity index (χ3n) is 4.56. The van der Waals surface area contributed by atoms with E-state index in [9.17, 15) is 0 Å². The van der Waals surface area contributed by atoms with Gasteiger partial charge >= 0.3 is 0 Å². The van der Waals surface area contributed by atoms with Crippen LogP contribution in [-0.4, -0.2) is 43.8 Å². The Morgan fingerprint density at radius 2 is 1.85 bits per heavy atom. The van der Waals surface area contributed by atoms with Crippen molar-refractivity contribution >= 4 is 0 Å². The Kier molecular flexibility index (Phi) is 4.71. The molecule has 1 unspecified atom stereocenters. The molecule has 0 radical (unpaired) electrons. The Bertz CT molecular complexity index is 397. The summed E-state index contributed by atoms with van der Waals surface area (Å²) in [5.41, 5.74) is 1.33. The van der Waals surface area contributed by atoms with Gasteiger partial charge in [0.1, 0.15) is 0 Å². The van der Waals surface area contributed by atoms with Gasteiger partial charge in [-0.3, -0.25) is 0 Å². The van der Waals surface area contributed by atoms with Gasteiger partial charge in [0.05, 0.1) is 12.6 Å². The molecule has 20 heavy (non-hydrogen) atoms. The van der Waals surface area contributed by atoms with Crippen molar-refractivity contribution in [1.82, 2.24) is 10.2 Å². The molecule has 0 bridgehead atoms. The number of nitrogens with one attached hydrogen (secondary N) is 1. The fourth-order valence-electron chi connectivity index (χ4n) is 3.25. The van der Waals surface area contributed by atoms with Crippen LogP contribution in [0.4, 0.5) is 0 Å². The molecule has 1 heterocycles. The molecule has 1 saturated carbocycles. The van der Waals surface area contributed by atoms with Crippen LogP contribution >= 0.6 is 0 Å². The van der Waals surface area contributed by atoms with Gasteiger partial charge in [-0.2, -0.15) is 0 Å². The van der Waals surface area contributed by atoms with Crippen LogP contribution < -0.4 is 5.32 Å². The van der Waals surface area contributed by atoms with Crippen LogP contribution in [0.2, 0.25) is 0 Å². The molecule has 3 rings (SSSR count). The van der Waals surface area contributed by atoms with Crippen LogP contribution in [0.3, 0.4) is 0 Å². The van der Waals surface area contributed by atoms with Crippen LogP contribution in [-0.2, 0) is 4.74 Å². The van der Waals surface area contributed by atoms with Crippen molar-refractivity contribution in [2.45, 2.75) is 43.8 Å². The van der Waals surface area contributed by atoms with Crippen molar-refractivity contribution in [2.24, 2.45) is 0 Å². The number of piperidine rings is 1. The third-order valence-corrected chi connectivity index (χ3v) is 4.56. The summed E-state index contributed by atoms with van der Waals surface area (Å²) in [5.74, 6) is 0. The average molecular weight is 274 g/mol. The first-order valence-electron chi connectivity index (χ1n) is 7.91. The molecule has 3 nitrogen and oxygen atoms in total. The highest BCUT2D eigenvalue weighted by Crippen LogP contribution is 2.29.